The zero-order chi connectivity index (χ0) is 10.1. The molecule has 0 aliphatic heterocycles. The number of carbonyl (C=O) groups is 1. The number of nitrogens with zero attached hydrogens (tertiary/aromatic N) is 1. The lowest BCUT2D eigenvalue weighted by atomic mass is 10.1. The van der Waals surface area contributed by atoms with E-state index in [1.54, 1.807) is 7.11 Å². The maximum atomic E-state index is 11.0. The van der Waals surface area contributed by atoms with Crippen LogP contribution in [0.15, 0.2) is 0 Å². The molecule has 5 nitrogen and oxygen atoms in total. The molecule has 76 valence electrons. The van der Waals surface area contributed by atoms with E-state index >= 15 is 0 Å². The van der Waals surface area contributed by atoms with E-state index in [1.807, 2.05) is 0 Å². The van der Waals surface area contributed by atoms with Crippen LogP contribution in [0.1, 0.15) is 25.7 Å². The van der Waals surface area contributed by atoms with Gasteiger partial charge in [-0.15, -0.1) is 0 Å². The molecule has 0 aliphatic rings. The van der Waals surface area contributed by atoms with Crippen molar-refractivity contribution in [2.24, 2.45) is 0 Å². The summed E-state index contributed by atoms with van der Waals surface area (Å²) >= 11 is 0. The predicted octanol–water partition coefficient (Wildman–Crippen LogP) is 1.04. The maximum Gasteiger partial charge on any atom is 0.203 e. The molecule has 0 saturated heterocycles. The van der Waals surface area contributed by atoms with Gasteiger partial charge in [0.15, 0.2) is 0 Å². The van der Waals surface area contributed by atoms with Gasteiger partial charge in [-0.1, -0.05) is 0 Å². The number of nitro groups is 1. The van der Waals surface area contributed by atoms with Crippen molar-refractivity contribution in [3.8, 4) is 0 Å². The molecular weight excluding hydrogens is 174 g/mol. The summed E-state index contributed by atoms with van der Waals surface area (Å²) < 4.78 is 4.73. The number of hydrogen-bond donors (Lipinski definition) is 0. The number of ketones is 1. The van der Waals surface area contributed by atoms with Crippen LogP contribution in [0, 0.1) is 10.1 Å². The van der Waals surface area contributed by atoms with Gasteiger partial charge in [0.1, 0.15) is 5.78 Å². The topological polar surface area (TPSA) is 69.4 Å². The first-order chi connectivity index (χ1) is 6.16. The van der Waals surface area contributed by atoms with E-state index in [2.05, 4.69) is 0 Å². The summed E-state index contributed by atoms with van der Waals surface area (Å²) in [6.07, 6.45) is 1.92. The van der Waals surface area contributed by atoms with Crippen LogP contribution in [0.5, 0.6) is 0 Å². The summed E-state index contributed by atoms with van der Waals surface area (Å²) in [4.78, 5) is 20.6. The highest BCUT2D eigenvalue weighted by atomic mass is 16.6. The first kappa shape index (κ1) is 12.0. The van der Waals surface area contributed by atoms with Gasteiger partial charge >= 0.3 is 0 Å². The van der Waals surface area contributed by atoms with Crippen molar-refractivity contribution in [2.45, 2.75) is 25.7 Å². The molecule has 0 spiro atoms. The normalized spacial score (nSPS) is 9.92. The van der Waals surface area contributed by atoms with Crippen molar-refractivity contribution in [2.75, 3.05) is 20.3 Å². The summed E-state index contributed by atoms with van der Waals surface area (Å²) in [7, 11) is 1.54. The minimum absolute atomic E-state index is 0.0441. The lowest BCUT2D eigenvalue weighted by Crippen LogP contribution is -2.05. The Bertz CT molecular complexity index is 170. The third-order valence-electron chi connectivity index (χ3n) is 1.63. The minimum atomic E-state index is -0.361. The van der Waals surface area contributed by atoms with Crippen molar-refractivity contribution in [1.82, 2.24) is 0 Å². The number of hydrogen-bond acceptors (Lipinski definition) is 4. The molecule has 0 aromatic heterocycles. The molecule has 0 bridgehead atoms. The smallest absolute Gasteiger partial charge is 0.203 e. The summed E-state index contributed by atoms with van der Waals surface area (Å²) in [5, 5.41) is 9.92. The van der Waals surface area contributed by atoms with Crippen molar-refractivity contribution in [3.63, 3.8) is 0 Å². The molecule has 13 heavy (non-hydrogen) atoms. The van der Waals surface area contributed by atoms with Gasteiger partial charge < -0.3 is 4.74 Å². The predicted molar refractivity (Wildman–Crippen MR) is 47.2 cm³/mol. The Morgan fingerprint density at radius 2 is 2.08 bits per heavy atom. The van der Waals surface area contributed by atoms with Crippen LogP contribution in [0.25, 0.3) is 0 Å². The summed E-state index contributed by atoms with van der Waals surface area (Å²) in [5.74, 6) is 0.116. The quantitative estimate of drug-likeness (QED) is 0.325. The van der Waals surface area contributed by atoms with Crippen LogP contribution in [0.4, 0.5) is 0 Å². The summed E-state index contributed by atoms with van der Waals surface area (Å²) in [6.45, 7) is 0.394. The minimum Gasteiger partial charge on any atom is -0.384 e. The van der Waals surface area contributed by atoms with E-state index in [-0.39, 0.29) is 17.3 Å². The van der Waals surface area contributed by atoms with Gasteiger partial charge in [0, 0.05) is 31.3 Å². The second-order valence-corrected chi connectivity index (χ2v) is 2.79. The monoisotopic (exact) mass is 189 g/mol. The van der Waals surface area contributed by atoms with E-state index < -0.39 is 0 Å². The molecule has 0 unspecified atom stereocenters. The van der Waals surface area contributed by atoms with Gasteiger partial charge in [-0.05, 0) is 6.42 Å². The van der Waals surface area contributed by atoms with Gasteiger partial charge in [0.25, 0.3) is 0 Å². The Kier molecular flexibility index (Phi) is 7.10. The lowest BCUT2D eigenvalue weighted by Gasteiger charge is -1.98. The Morgan fingerprint density at radius 3 is 2.62 bits per heavy atom. The maximum absolute atomic E-state index is 11.0. The molecule has 0 heterocycles. The average Bonchev–Trinajstić information content (AvgIpc) is 2.08. The SMILES string of the molecule is COCCC(=O)CCCC[N+](=O)[O-]. The Hall–Kier alpha value is -0.970. The molecule has 0 atom stereocenters. The van der Waals surface area contributed by atoms with Gasteiger partial charge in [-0.3, -0.25) is 14.9 Å². The van der Waals surface area contributed by atoms with Crippen LogP contribution < -0.4 is 0 Å². The highest BCUT2D eigenvalue weighted by molar-refractivity contribution is 5.78. The molecule has 0 aromatic carbocycles. The molecule has 5 heteroatoms. The van der Waals surface area contributed by atoms with Gasteiger partial charge in [0.2, 0.25) is 6.54 Å². The lowest BCUT2D eigenvalue weighted by molar-refractivity contribution is -0.480. The number of methoxy groups -OCH3 is 1. The fraction of sp³-hybridized carbons (Fsp3) is 0.875. The van der Waals surface area contributed by atoms with E-state index in [9.17, 15) is 14.9 Å². The standard InChI is InChI=1S/C8H15NO4/c1-13-7-5-8(10)4-2-3-6-9(11)12/h2-7H2,1H3. The van der Waals surface area contributed by atoms with Crippen LogP contribution in [0.2, 0.25) is 0 Å². The molecule has 0 radical (unpaired) electrons. The average molecular weight is 189 g/mol. The van der Waals surface area contributed by atoms with Crippen LogP contribution in [-0.4, -0.2) is 31.0 Å². The highest BCUT2D eigenvalue weighted by Crippen LogP contribution is 1.99. The van der Waals surface area contributed by atoms with Gasteiger partial charge in [0.05, 0.1) is 6.61 Å². The van der Waals surface area contributed by atoms with E-state index in [4.69, 9.17) is 4.74 Å². The second kappa shape index (κ2) is 7.67. The van der Waals surface area contributed by atoms with Crippen LogP contribution in [0.3, 0.4) is 0 Å². The van der Waals surface area contributed by atoms with E-state index in [0.29, 0.717) is 32.3 Å². The largest absolute Gasteiger partial charge is 0.384 e. The molecule has 0 rings (SSSR count). The molecule has 0 fully saturated rings. The van der Waals surface area contributed by atoms with E-state index in [0.717, 1.165) is 0 Å². The molecular formula is C8H15NO4. The summed E-state index contributed by atoms with van der Waals surface area (Å²) in [6, 6.07) is 0. The third-order valence-corrected chi connectivity index (χ3v) is 1.63. The van der Waals surface area contributed by atoms with Crippen molar-refractivity contribution < 1.29 is 14.5 Å². The van der Waals surface area contributed by atoms with Gasteiger partial charge in [-0.25, -0.2) is 0 Å². The van der Waals surface area contributed by atoms with Crippen molar-refractivity contribution >= 4 is 5.78 Å². The fourth-order valence-corrected chi connectivity index (χ4v) is 0.904. The molecule has 0 aliphatic carbocycles. The highest BCUT2D eigenvalue weighted by Gasteiger charge is 2.02. The number of unbranched alkanes of at least 4 members (excludes halogenated alkanes) is 1. The number of carbonyl (C=O) groups excluding carboxylic acids is 1. The molecule has 0 aromatic rings. The molecule has 0 amide bonds. The Balaban J connectivity index is 3.22. The molecule has 0 N–H and O–H groups in total. The second-order valence-electron chi connectivity index (χ2n) is 2.79. The van der Waals surface area contributed by atoms with Crippen molar-refractivity contribution in [3.05, 3.63) is 10.1 Å². The number of Topliss-reactive ketones (excluding diaryl/α,β-unsaturated/α-hetero) is 1. The number of ether oxygens (including phenoxy) is 1. The molecule has 0 saturated carbocycles. The third kappa shape index (κ3) is 8.94. The fourth-order valence-electron chi connectivity index (χ4n) is 0.904. The zero-order valence-corrected chi connectivity index (χ0v) is 7.82. The first-order valence-electron chi connectivity index (χ1n) is 4.29. The van der Waals surface area contributed by atoms with Crippen LogP contribution >= 0.6 is 0 Å². The Morgan fingerprint density at radius 1 is 1.38 bits per heavy atom. The van der Waals surface area contributed by atoms with Crippen molar-refractivity contribution in [1.29, 1.82) is 0 Å². The van der Waals surface area contributed by atoms with Gasteiger partial charge in [-0.2, -0.15) is 0 Å². The van der Waals surface area contributed by atoms with E-state index in [1.165, 1.54) is 0 Å². The summed E-state index contributed by atoms with van der Waals surface area (Å²) in [5.41, 5.74) is 0. The Labute approximate surface area is 77.2 Å². The first-order valence-corrected chi connectivity index (χ1v) is 4.29. The zero-order valence-electron chi connectivity index (χ0n) is 7.82. The van der Waals surface area contributed by atoms with Crippen LogP contribution in [-0.2, 0) is 9.53 Å². The number of rotatable bonds is 8.